The van der Waals surface area contributed by atoms with Crippen LogP contribution in [-0.2, 0) is 0 Å². The average Bonchev–Trinajstić information content (AvgIpc) is 2.62. The molecule has 0 radical (unpaired) electrons. The molecule has 7 heteroatoms. The summed E-state index contributed by atoms with van der Waals surface area (Å²) in [4.78, 5) is 14.8. The van der Waals surface area contributed by atoms with Crippen LogP contribution in [0.4, 0.5) is 17.1 Å². The second-order valence-electron chi connectivity index (χ2n) is 5.00. The first-order chi connectivity index (χ1) is 11.6. The standard InChI is InChI=1S/C17H15N3O4/c1-23-11-3-4-15(17(9-11)24-2)19-14-5-6-16(20(21)22)13-10-18-8-7-12(13)14/h3-10,19H,1-2H3. The number of nitrogens with one attached hydrogen (secondary N) is 1. The molecule has 1 aromatic heterocycles. The van der Waals surface area contributed by atoms with Crippen molar-refractivity contribution in [2.45, 2.75) is 0 Å². The van der Waals surface area contributed by atoms with Gasteiger partial charge >= 0.3 is 0 Å². The van der Waals surface area contributed by atoms with Gasteiger partial charge in [-0.15, -0.1) is 0 Å². The van der Waals surface area contributed by atoms with Gasteiger partial charge in [-0.1, -0.05) is 0 Å². The molecule has 1 heterocycles. The third-order valence-corrected chi connectivity index (χ3v) is 3.67. The predicted molar refractivity (Wildman–Crippen MR) is 91.2 cm³/mol. The number of benzene rings is 2. The Balaban J connectivity index is 2.08. The van der Waals surface area contributed by atoms with E-state index in [1.807, 2.05) is 6.07 Å². The van der Waals surface area contributed by atoms with E-state index in [1.54, 1.807) is 44.7 Å². The summed E-state index contributed by atoms with van der Waals surface area (Å²) in [6.07, 6.45) is 3.09. The van der Waals surface area contributed by atoms with Crippen LogP contribution in [0.3, 0.4) is 0 Å². The van der Waals surface area contributed by atoms with E-state index in [9.17, 15) is 10.1 Å². The van der Waals surface area contributed by atoms with E-state index < -0.39 is 4.92 Å². The van der Waals surface area contributed by atoms with Gasteiger partial charge in [0.1, 0.15) is 11.5 Å². The minimum atomic E-state index is -0.415. The number of pyridine rings is 1. The largest absolute Gasteiger partial charge is 0.497 e. The normalized spacial score (nSPS) is 10.4. The molecule has 0 unspecified atom stereocenters. The van der Waals surface area contributed by atoms with Crippen LogP contribution in [-0.4, -0.2) is 24.1 Å². The lowest BCUT2D eigenvalue weighted by Gasteiger charge is -2.14. The molecule has 0 spiro atoms. The first-order valence-corrected chi connectivity index (χ1v) is 7.14. The van der Waals surface area contributed by atoms with Crippen molar-refractivity contribution in [2.75, 3.05) is 19.5 Å². The maximum Gasteiger partial charge on any atom is 0.278 e. The third-order valence-electron chi connectivity index (χ3n) is 3.67. The number of anilines is 2. The van der Waals surface area contributed by atoms with E-state index in [1.165, 1.54) is 12.3 Å². The molecule has 3 aromatic rings. The van der Waals surface area contributed by atoms with Crippen LogP contribution in [0.25, 0.3) is 10.8 Å². The third kappa shape index (κ3) is 2.79. The molecule has 3 rings (SSSR count). The van der Waals surface area contributed by atoms with Crippen molar-refractivity contribution in [3.8, 4) is 11.5 Å². The fraction of sp³-hybridized carbons (Fsp3) is 0.118. The van der Waals surface area contributed by atoms with Crippen LogP contribution in [0, 0.1) is 10.1 Å². The molecule has 0 bridgehead atoms. The lowest BCUT2D eigenvalue weighted by atomic mass is 10.1. The first kappa shape index (κ1) is 15.5. The summed E-state index contributed by atoms with van der Waals surface area (Å²) in [6, 6.07) is 10.3. The number of rotatable bonds is 5. The van der Waals surface area contributed by atoms with Gasteiger partial charge in [-0.2, -0.15) is 0 Å². The number of non-ortho nitro benzene ring substituents is 1. The molecule has 0 aliphatic heterocycles. The quantitative estimate of drug-likeness (QED) is 0.565. The second kappa shape index (κ2) is 6.41. The van der Waals surface area contributed by atoms with Crippen molar-refractivity contribution in [3.63, 3.8) is 0 Å². The number of ether oxygens (including phenoxy) is 2. The van der Waals surface area contributed by atoms with Gasteiger partial charge in [-0.05, 0) is 24.3 Å². The molecule has 0 aliphatic carbocycles. The summed E-state index contributed by atoms with van der Waals surface area (Å²) >= 11 is 0. The molecule has 0 aliphatic rings. The van der Waals surface area contributed by atoms with Gasteiger partial charge in [0, 0.05) is 35.6 Å². The fourth-order valence-corrected chi connectivity index (χ4v) is 2.49. The number of nitro groups is 1. The smallest absolute Gasteiger partial charge is 0.278 e. The zero-order valence-electron chi connectivity index (χ0n) is 13.1. The van der Waals surface area contributed by atoms with Crippen molar-refractivity contribution < 1.29 is 14.4 Å². The topological polar surface area (TPSA) is 86.5 Å². The number of fused-ring (bicyclic) bond motifs is 1. The van der Waals surface area contributed by atoms with Crippen molar-refractivity contribution in [3.05, 3.63) is 58.9 Å². The summed E-state index contributed by atoms with van der Waals surface area (Å²) < 4.78 is 10.6. The molecular weight excluding hydrogens is 310 g/mol. The summed E-state index contributed by atoms with van der Waals surface area (Å²) in [7, 11) is 3.15. The molecule has 7 nitrogen and oxygen atoms in total. The molecule has 0 saturated carbocycles. The number of nitro benzene ring substituents is 1. The van der Waals surface area contributed by atoms with E-state index >= 15 is 0 Å². The molecular formula is C17H15N3O4. The highest BCUT2D eigenvalue weighted by Crippen LogP contribution is 2.36. The Kier molecular flexibility index (Phi) is 4.15. The Labute approximate surface area is 138 Å². The van der Waals surface area contributed by atoms with Crippen LogP contribution >= 0.6 is 0 Å². The molecule has 0 saturated heterocycles. The minimum absolute atomic E-state index is 0.0188. The lowest BCUT2D eigenvalue weighted by Crippen LogP contribution is -1.98. The van der Waals surface area contributed by atoms with Crippen molar-refractivity contribution in [1.29, 1.82) is 0 Å². The highest BCUT2D eigenvalue weighted by Gasteiger charge is 2.15. The zero-order chi connectivity index (χ0) is 17.1. The maximum atomic E-state index is 11.2. The van der Waals surface area contributed by atoms with Gasteiger partial charge in [0.2, 0.25) is 0 Å². The molecule has 0 atom stereocenters. The number of hydrogen-bond donors (Lipinski definition) is 1. The summed E-state index contributed by atoms with van der Waals surface area (Å²) in [5.41, 5.74) is 1.47. The van der Waals surface area contributed by atoms with E-state index in [-0.39, 0.29) is 5.69 Å². The SMILES string of the molecule is COc1ccc(Nc2ccc([N+](=O)[O-])c3cnccc23)c(OC)c1. The van der Waals surface area contributed by atoms with Crippen molar-refractivity contribution in [2.24, 2.45) is 0 Å². The van der Waals surface area contributed by atoms with Gasteiger partial charge in [-0.3, -0.25) is 15.1 Å². The number of nitrogens with zero attached hydrogens (tertiary/aromatic N) is 2. The van der Waals surface area contributed by atoms with E-state index in [0.29, 0.717) is 22.3 Å². The average molecular weight is 325 g/mol. The molecule has 1 N–H and O–H groups in total. The first-order valence-electron chi connectivity index (χ1n) is 7.14. The molecule has 0 fully saturated rings. The summed E-state index contributed by atoms with van der Waals surface area (Å²) in [5.74, 6) is 1.28. The van der Waals surface area contributed by atoms with Gasteiger partial charge in [0.15, 0.2) is 0 Å². The minimum Gasteiger partial charge on any atom is -0.497 e. The monoisotopic (exact) mass is 325 g/mol. The van der Waals surface area contributed by atoms with Gasteiger partial charge < -0.3 is 14.8 Å². The Hall–Kier alpha value is -3.35. The fourth-order valence-electron chi connectivity index (χ4n) is 2.49. The summed E-state index contributed by atoms with van der Waals surface area (Å²) in [5, 5.41) is 15.6. The Bertz CT molecular complexity index is 911. The van der Waals surface area contributed by atoms with E-state index in [4.69, 9.17) is 9.47 Å². The zero-order valence-corrected chi connectivity index (χ0v) is 13.1. The Morgan fingerprint density at radius 3 is 2.54 bits per heavy atom. The van der Waals surface area contributed by atoms with E-state index in [0.717, 1.165) is 11.4 Å². The van der Waals surface area contributed by atoms with Gasteiger partial charge in [-0.25, -0.2) is 0 Å². The molecule has 2 aromatic carbocycles. The van der Waals surface area contributed by atoms with Crippen LogP contribution < -0.4 is 14.8 Å². The molecule has 122 valence electrons. The van der Waals surface area contributed by atoms with Gasteiger partial charge in [0.05, 0.1) is 30.2 Å². The Morgan fingerprint density at radius 2 is 1.83 bits per heavy atom. The highest BCUT2D eigenvalue weighted by atomic mass is 16.6. The van der Waals surface area contributed by atoms with Crippen LogP contribution in [0.15, 0.2) is 48.8 Å². The van der Waals surface area contributed by atoms with Gasteiger partial charge in [0.25, 0.3) is 5.69 Å². The molecule has 0 amide bonds. The highest BCUT2D eigenvalue weighted by molar-refractivity contribution is 6.00. The van der Waals surface area contributed by atoms with Crippen molar-refractivity contribution >= 4 is 27.8 Å². The summed E-state index contributed by atoms with van der Waals surface area (Å²) in [6.45, 7) is 0. The van der Waals surface area contributed by atoms with Crippen LogP contribution in [0.5, 0.6) is 11.5 Å². The number of aromatic nitrogens is 1. The van der Waals surface area contributed by atoms with Crippen molar-refractivity contribution in [1.82, 2.24) is 4.98 Å². The lowest BCUT2D eigenvalue weighted by molar-refractivity contribution is -0.383. The maximum absolute atomic E-state index is 11.2. The van der Waals surface area contributed by atoms with Crippen LogP contribution in [0.1, 0.15) is 0 Å². The van der Waals surface area contributed by atoms with E-state index in [2.05, 4.69) is 10.3 Å². The second-order valence-corrected chi connectivity index (χ2v) is 5.00. The Morgan fingerprint density at radius 1 is 1.04 bits per heavy atom. The predicted octanol–water partition coefficient (Wildman–Crippen LogP) is 3.90. The number of methoxy groups -OCH3 is 2. The van der Waals surface area contributed by atoms with Crippen LogP contribution in [0.2, 0.25) is 0 Å². The number of hydrogen-bond acceptors (Lipinski definition) is 6. The molecule has 24 heavy (non-hydrogen) atoms.